The first kappa shape index (κ1) is 6.58. The molecule has 0 spiro atoms. The van der Waals surface area contributed by atoms with Gasteiger partial charge in [0.05, 0.1) is 0 Å². The van der Waals surface area contributed by atoms with Crippen LogP contribution in [-0.2, 0) is 0 Å². The smallest absolute Gasteiger partial charge is 0.256 e. The van der Waals surface area contributed by atoms with E-state index in [1.807, 2.05) is 0 Å². The maximum Gasteiger partial charge on any atom is 0.256 e. The zero-order valence-corrected chi connectivity index (χ0v) is 7.03. The lowest BCUT2D eigenvalue weighted by molar-refractivity contribution is 0.497. The summed E-state index contributed by atoms with van der Waals surface area (Å²) in [5.74, 6) is 1.16. The summed E-state index contributed by atoms with van der Waals surface area (Å²) in [6.45, 7) is 2.14. The van der Waals surface area contributed by atoms with Gasteiger partial charge in [-0.1, -0.05) is 6.32 Å². The van der Waals surface area contributed by atoms with Crippen molar-refractivity contribution in [1.29, 1.82) is 0 Å². The molecule has 4 heteroatoms. The topological polar surface area (TPSA) is 18.8 Å². The van der Waals surface area contributed by atoms with Crippen molar-refractivity contribution in [1.82, 2.24) is 9.71 Å². The van der Waals surface area contributed by atoms with Gasteiger partial charge in [0.1, 0.15) is 0 Å². The minimum Gasteiger partial charge on any atom is -0.364 e. The molecule has 0 N–H and O–H groups in total. The number of aliphatic imine (C=N–C) groups is 1. The van der Waals surface area contributed by atoms with Crippen LogP contribution in [0.5, 0.6) is 0 Å². The maximum atomic E-state index is 4.52. The molecule has 1 radical (unpaired) electrons. The molecule has 12 heavy (non-hydrogen) atoms. The Kier molecular flexibility index (Phi) is 1.25. The normalized spacial score (nSPS) is 26.0. The molecule has 1 saturated heterocycles. The summed E-state index contributed by atoms with van der Waals surface area (Å²) in [6.07, 6.45) is 5.82. The molecule has 3 aliphatic rings. The van der Waals surface area contributed by atoms with E-state index in [-0.39, 0.29) is 0 Å². The minimum absolute atomic E-state index is 0.997. The van der Waals surface area contributed by atoms with Crippen molar-refractivity contribution in [3.63, 3.8) is 0 Å². The van der Waals surface area contributed by atoms with Gasteiger partial charge in [0.2, 0.25) is 0 Å². The molecule has 0 bridgehead atoms. The van der Waals surface area contributed by atoms with Crippen LogP contribution in [0.15, 0.2) is 16.9 Å². The highest BCUT2D eigenvalue weighted by molar-refractivity contribution is 6.40. The molecular weight excluding hydrogens is 149 g/mol. The lowest BCUT2D eigenvalue weighted by Gasteiger charge is -2.25. The Balaban J connectivity index is 1.99. The Morgan fingerprint density at radius 2 is 2.50 bits per heavy atom. The summed E-state index contributed by atoms with van der Waals surface area (Å²) < 4.78 is 0. The van der Waals surface area contributed by atoms with E-state index >= 15 is 0 Å². The number of hydrogen-bond donors (Lipinski definition) is 0. The van der Waals surface area contributed by atoms with E-state index in [2.05, 4.69) is 28.3 Å². The Labute approximate surface area is 73.0 Å². The maximum absolute atomic E-state index is 4.52. The summed E-state index contributed by atoms with van der Waals surface area (Å²) in [5, 5.41) is 0. The molecular formula is C8H11BN3. The third kappa shape index (κ3) is 0.751. The van der Waals surface area contributed by atoms with Crippen LogP contribution in [0.2, 0.25) is 6.32 Å². The van der Waals surface area contributed by atoms with Gasteiger partial charge in [0, 0.05) is 25.0 Å². The number of rotatable bonds is 0. The van der Waals surface area contributed by atoms with Crippen LogP contribution in [0, 0.1) is 0 Å². The molecule has 3 aliphatic heterocycles. The summed E-state index contributed by atoms with van der Waals surface area (Å²) in [5.41, 5.74) is 1.43. The first-order chi connectivity index (χ1) is 5.95. The van der Waals surface area contributed by atoms with E-state index in [0.29, 0.717) is 0 Å². The number of allylic oxidation sites excluding steroid dienone is 1. The van der Waals surface area contributed by atoms with Crippen molar-refractivity contribution >= 4 is 13.4 Å². The quantitative estimate of drug-likeness (QED) is 0.484. The highest BCUT2D eigenvalue weighted by Gasteiger charge is 2.32. The fourth-order valence-corrected chi connectivity index (χ4v) is 2.04. The van der Waals surface area contributed by atoms with Gasteiger partial charge in [0.15, 0.2) is 5.96 Å². The highest BCUT2D eigenvalue weighted by atomic mass is 15.4. The first-order valence-electron chi connectivity index (χ1n) is 4.59. The third-order valence-electron chi connectivity index (χ3n) is 2.61. The summed E-state index contributed by atoms with van der Waals surface area (Å²) >= 11 is 0. The molecule has 0 aromatic heterocycles. The molecule has 0 atom stereocenters. The van der Waals surface area contributed by atoms with E-state index in [1.165, 1.54) is 24.9 Å². The fraction of sp³-hybridized carbons (Fsp3) is 0.625. The molecule has 61 valence electrons. The van der Waals surface area contributed by atoms with Crippen LogP contribution in [-0.4, -0.2) is 36.2 Å². The molecule has 0 amide bonds. The van der Waals surface area contributed by atoms with Crippen molar-refractivity contribution in [2.75, 3.05) is 13.1 Å². The molecule has 0 saturated carbocycles. The van der Waals surface area contributed by atoms with E-state index in [1.54, 1.807) is 0 Å². The van der Waals surface area contributed by atoms with Gasteiger partial charge >= 0.3 is 0 Å². The second-order valence-electron chi connectivity index (χ2n) is 3.44. The van der Waals surface area contributed by atoms with Crippen LogP contribution in [0.1, 0.15) is 12.8 Å². The zero-order valence-electron chi connectivity index (χ0n) is 7.03. The van der Waals surface area contributed by atoms with Crippen molar-refractivity contribution in [3.8, 4) is 0 Å². The number of nitrogens with zero attached hydrogens (tertiary/aromatic N) is 3. The molecule has 3 nitrogen and oxygen atoms in total. The Hall–Kier alpha value is -0.925. The molecule has 1 fully saturated rings. The Morgan fingerprint density at radius 3 is 3.50 bits per heavy atom. The van der Waals surface area contributed by atoms with Gasteiger partial charge in [-0.2, -0.15) is 0 Å². The van der Waals surface area contributed by atoms with Gasteiger partial charge in [0.25, 0.3) is 7.41 Å². The molecule has 0 unspecified atom stereocenters. The summed E-state index contributed by atoms with van der Waals surface area (Å²) in [7, 11) is 2.25. The number of fused-ring (bicyclic) bond motifs is 3. The van der Waals surface area contributed by atoms with Crippen molar-refractivity contribution in [3.05, 3.63) is 11.9 Å². The average Bonchev–Trinajstić information content (AvgIpc) is 2.62. The fourth-order valence-electron chi connectivity index (χ4n) is 2.04. The second-order valence-corrected chi connectivity index (χ2v) is 3.44. The SMILES string of the molecule is [B]1CCC2=CN3CCCN=C3N12. The van der Waals surface area contributed by atoms with Gasteiger partial charge in [-0.3, -0.25) is 4.99 Å². The van der Waals surface area contributed by atoms with Gasteiger partial charge in [-0.15, -0.1) is 0 Å². The van der Waals surface area contributed by atoms with Gasteiger partial charge in [-0.25, -0.2) is 0 Å². The van der Waals surface area contributed by atoms with Gasteiger partial charge in [-0.05, 0) is 12.8 Å². The lowest BCUT2D eigenvalue weighted by atomic mass is 9.91. The summed E-state index contributed by atoms with van der Waals surface area (Å²) in [6, 6.07) is 0. The average molecular weight is 160 g/mol. The van der Waals surface area contributed by atoms with Crippen molar-refractivity contribution in [2.45, 2.75) is 19.2 Å². The molecule has 0 aromatic rings. The summed E-state index contributed by atoms with van der Waals surface area (Å²) in [4.78, 5) is 9.04. The standard InChI is InChI=1S/C8H11BN3/c1-4-10-8-11(5-1)6-7-2-3-9-12(7)8/h6H,1-5H2. The van der Waals surface area contributed by atoms with E-state index in [0.717, 1.165) is 19.0 Å². The molecule has 0 aliphatic carbocycles. The number of guanidine groups is 1. The largest absolute Gasteiger partial charge is 0.364 e. The predicted molar refractivity (Wildman–Crippen MR) is 48.7 cm³/mol. The monoisotopic (exact) mass is 160 g/mol. The zero-order chi connectivity index (χ0) is 7.97. The molecule has 0 aromatic carbocycles. The third-order valence-corrected chi connectivity index (χ3v) is 2.61. The van der Waals surface area contributed by atoms with Crippen molar-refractivity contribution < 1.29 is 0 Å². The van der Waals surface area contributed by atoms with E-state index < -0.39 is 0 Å². The molecule has 3 rings (SSSR count). The Bertz CT molecular complexity index is 271. The first-order valence-corrected chi connectivity index (χ1v) is 4.59. The molecule has 3 heterocycles. The number of hydrogen-bond acceptors (Lipinski definition) is 3. The van der Waals surface area contributed by atoms with Crippen LogP contribution < -0.4 is 0 Å². The van der Waals surface area contributed by atoms with Crippen molar-refractivity contribution in [2.24, 2.45) is 4.99 Å². The highest BCUT2D eigenvalue weighted by Crippen LogP contribution is 2.29. The lowest BCUT2D eigenvalue weighted by Crippen LogP contribution is -2.38. The Morgan fingerprint density at radius 1 is 1.50 bits per heavy atom. The van der Waals surface area contributed by atoms with Crippen LogP contribution in [0.25, 0.3) is 0 Å². The minimum atomic E-state index is 0.997. The van der Waals surface area contributed by atoms with Crippen LogP contribution >= 0.6 is 0 Å². The van der Waals surface area contributed by atoms with E-state index in [9.17, 15) is 0 Å². The van der Waals surface area contributed by atoms with E-state index in [4.69, 9.17) is 0 Å². The van der Waals surface area contributed by atoms with Gasteiger partial charge < -0.3 is 9.71 Å². The predicted octanol–water partition coefficient (Wildman–Crippen LogP) is 0.646. The second kappa shape index (κ2) is 2.28. The van der Waals surface area contributed by atoms with Crippen LogP contribution in [0.3, 0.4) is 0 Å². The van der Waals surface area contributed by atoms with Crippen LogP contribution in [0.4, 0.5) is 0 Å².